The first kappa shape index (κ1) is 9.39. The van der Waals surface area contributed by atoms with Crippen molar-refractivity contribution >= 4 is 17.2 Å². The van der Waals surface area contributed by atoms with Crippen LogP contribution in [0.4, 0.5) is 17.2 Å². The van der Waals surface area contributed by atoms with E-state index in [1.54, 1.807) is 31.4 Å². The van der Waals surface area contributed by atoms with E-state index in [1.807, 2.05) is 0 Å². The van der Waals surface area contributed by atoms with Gasteiger partial charge >= 0.3 is 0 Å². The molecule has 5 heteroatoms. The third-order valence-electron chi connectivity index (χ3n) is 2.08. The standard InChI is InChI=1S/C10H9N3O2/c1-11-7-8(10(15)9(7)14)13-6-4-2-3-5-12-6/h2-5,11H,1H3,(H,12,13). The van der Waals surface area contributed by atoms with Crippen LogP contribution in [0, 0.1) is 0 Å². The molecular weight excluding hydrogens is 194 g/mol. The normalized spacial score (nSPS) is 10.2. The molecule has 1 aromatic heterocycles. The van der Waals surface area contributed by atoms with Crippen molar-refractivity contribution in [2.24, 2.45) is 0 Å². The zero-order valence-electron chi connectivity index (χ0n) is 8.07. The molecule has 0 aliphatic carbocycles. The van der Waals surface area contributed by atoms with Gasteiger partial charge in [0.15, 0.2) is 0 Å². The molecule has 1 heterocycles. The minimum absolute atomic E-state index is 0.279. The summed E-state index contributed by atoms with van der Waals surface area (Å²) >= 11 is 0. The molecule has 0 bridgehead atoms. The SMILES string of the molecule is CNc1c(Nc2ccccn2)c(=O)c1=O. The fourth-order valence-corrected chi connectivity index (χ4v) is 1.31. The van der Waals surface area contributed by atoms with E-state index in [2.05, 4.69) is 15.6 Å². The molecule has 0 unspecified atom stereocenters. The van der Waals surface area contributed by atoms with Gasteiger partial charge in [0.1, 0.15) is 17.2 Å². The molecular formula is C10H9N3O2. The fraction of sp³-hybridized carbons (Fsp3) is 0.100. The topological polar surface area (TPSA) is 71.1 Å². The van der Waals surface area contributed by atoms with E-state index in [4.69, 9.17) is 0 Å². The number of rotatable bonds is 3. The molecule has 5 nitrogen and oxygen atoms in total. The molecule has 76 valence electrons. The van der Waals surface area contributed by atoms with Crippen LogP contribution in [0.5, 0.6) is 0 Å². The van der Waals surface area contributed by atoms with Crippen LogP contribution in [-0.4, -0.2) is 12.0 Å². The first-order valence-corrected chi connectivity index (χ1v) is 4.43. The van der Waals surface area contributed by atoms with E-state index in [9.17, 15) is 9.59 Å². The Bertz CT molecular complexity index is 541. The molecule has 0 aliphatic heterocycles. The molecule has 0 saturated carbocycles. The Labute approximate surface area is 85.5 Å². The van der Waals surface area contributed by atoms with Crippen LogP contribution in [0.15, 0.2) is 34.0 Å². The Kier molecular flexibility index (Phi) is 2.21. The average Bonchev–Trinajstić information content (AvgIpc) is 2.29. The van der Waals surface area contributed by atoms with Gasteiger partial charge in [-0.25, -0.2) is 4.98 Å². The molecule has 2 aromatic rings. The van der Waals surface area contributed by atoms with Gasteiger partial charge in [0.05, 0.1) is 0 Å². The van der Waals surface area contributed by atoms with E-state index in [1.165, 1.54) is 0 Å². The van der Waals surface area contributed by atoms with Gasteiger partial charge in [0.2, 0.25) is 0 Å². The van der Waals surface area contributed by atoms with Crippen LogP contribution in [0.3, 0.4) is 0 Å². The summed E-state index contributed by atoms with van der Waals surface area (Å²) in [6, 6.07) is 5.28. The lowest BCUT2D eigenvalue weighted by Gasteiger charge is -2.11. The van der Waals surface area contributed by atoms with Gasteiger partial charge in [0.25, 0.3) is 10.9 Å². The van der Waals surface area contributed by atoms with Crippen molar-refractivity contribution < 1.29 is 0 Å². The van der Waals surface area contributed by atoms with Crippen molar-refractivity contribution in [1.29, 1.82) is 0 Å². The Morgan fingerprint density at radius 1 is 1.13 bits per heavy atom. The third-order valence-corrected chi connectivity index (χ3v) is 2.08. The maximum absolute atomic E-state index is 11.2. The van der Waals surface area contributed by atoms with Crippen LogP contribution >= 0.6 is 0 Å². The van der Waals surface area contributed by atoms with Crippen LogP contribution in [0.25, 0.3) is 0 Å². The van der Waals surface area contributed by atoms with Gasteiger partial charge in [-0.05, 0) is 12.1 Å². The predicted molar refractivity (Wildman–Crippen MR) is 58.4 cm³/mol. The summed E-state index contributed by atoms with van der Waals surface area (Å²) in [4.78, 5) is 26.3. The van der Waals surface area contributed by atoms with Crippen molar-refractivity contribution in [3.05, 3.63) is 44.8 Å². The molecule has 0 saturated heterocycles. The van der Waals surface area contributed by atoms with Gasteiger partial charge in [0, 0.05) is 13.2 Å². The van der Waals surface area contributed by atoms with Gasteiger partial charge < -0.3 is 10.6 Å². The summed E-state index contributed by atoms with van der Waals surface area (Å²) < 4.78 is 0. The summed E-state index contributed by atoms with van der Waals surface area (Å²) in [5.41, 5.74) is -0.409. The van der Waals surface area contributed by atoms with E-state index in [0.29, 0.717) is 11.5 Å². The molecule has 0 amide bonds. The Morgan fingerprint density at radius 2 is 1.87 bits per heavy atom. The number of hydrogen-bond acceptors (Lipinski definition) is 5. The fourth-order valence-electron chi connectivity index (χ4n) is 1.31. The average molecular weight is 203 g/mol. The van der Waals surface area contributed by atoms with Gasteiger partial charge in [-0.1, -0.05) is 6.07 Å². The molecule has 0 fully saturated rings. The second-order valence-electron chi connectivity index (χ2n) is 3.00. The Balaban J connectivity index is 2.30. The maximum Gasteiger partial charge on any atom is 0.253 e. The van der Waals surface area contributed by atoms with Crippen molar-refractivity contribution in [3.63, 3.8) is 0 Å². The highest BCUT2D eigenvalue weighted by molar-refractivity contribution is 5.77. The number of pyridine rings is 1. The first-order valence-electron chi connectivity index (χ1n) is 4.43. The smallest absolute Gasteiger partial charge is 0.253 e. The highest BCUT2D eigenvalue weighted by Gasteiger charge is 2.19. The molecule has 1 aromatic carbocycles. The predicted octanol–water partition coefficient (Wildman–Crippen LogP) is 0.463. The summed E-state index contributed by atoms with van der Waals surface area (Å²) in [6.07, 6.45) is 1.60. The zero-order valence-corrected chi connectivity index (χ0v) is 8.07. The van der Waals surface area contributed by atoms with Gasteiger partial charge in [-0.3, -0.25) is 9.59 Å². The zero-order chi connectivity index (χ0) is 10.8. The molecule has 2 N–H and O–H groups in total. The van der Waals surface area contributed by atoms with Crippen molar-refractivity contribution in [2.45, 2.75) is 0 Å². The van der Waals surface area contributed by atoms with Gasteiger partial charge in [-0.15, -0.1) is 0 Å². The molecule has 2 rings (SSSR count). The van der Waals surface area contributed by atoms with E-state index >= 15 is 0 Å². The van der Waals surface area contributed by atoms with Crippen molar-refractivity contribution in [2.75, 3.05) is 17.7 Å². The lowest BCUT2D eigenvalue weighted by molar-refractivity contribution is 1.27. The minimum Gasteiger partial charge on any atom is -0.383 e. The van der Waals surface area contributed by atoms with E-state index < -0.39 is 10.9 Å². The number of hydrogen-bond donors (Lipinski definition) is 2. The monoisotopic (exact) mass is 203 g/mol. The van der Waals surface area contributed by atoms with Crippen molar-refractivity contribution in [3.8, 4) is 0 Å². The summed E-state index contributed by atoms with van der Waals surface area (Å²) in [5.74, 6) is 0.543. The van der Waals surface area contributed by atoms with Crippen molar-refractivity contribution in [1.82, 2.24) is 4.98 Å². The number of nitrogens with zero attached hydrogens (tertiary/aromatic N) is 1. The Hall–Kier alpha value is -2.17. The summed E-state index contributed by atoms with van der Waals surface area (Å²) in [6.45, 7) is 0. The molecule has 0 aliphatic rings. The van der Waals surface area contributed by atoms with E-state index in [-0.39, 0.29) is 5.69 Å². The number of anilines is 3. The lowest BCUT2D eigenvalue weighted by Crippen LogP contribution is -2.36. The highest BCUT2D eigenvalue weighted by Crippen LogP contribution is 2.17. The molecule has 0 spiro atoms. The molecule has 0 radical (unpaired) electrons. The van der Waals surface area contributed by atoms with Gasteiger partial charge in [-0.2, -0.15) is 0 Å². The quantitative estimate of drug-likeness (QED) is 0.709. The largest absolute Gasteiger partial charge is 0.383 e. The van der Waals surface area contributed by atoms with Crippen LogP contribution in [0.2, 0.25) is 0 Å². The summed E-state index contributed by atoms with van der Waals surface area (Å²) in [5, 5.41) is 5.47. The lowest BCUT2D eigenvalue weighted by atomic mass is 10.2. The Morgan fingerprint density at radius 3 is 2.47 bits per heavy atom. The van der Waals surface area contributed by atoms with Crippen LogP contribution < -0.4 is 21.5 Å². The number of aromatic nitrogens is 1. The van der Waals surface area contributed by atoms with Crippen LogP contribution in [-0.2, 0) is 0 Å². The highest BCUT2D eigenvalue weighted by atomic mass is 16.2. The number of nitrogens with one attached hydrogen (secondary N) is 2. The summed E-state index contributed by atoms with van der Waals surface area (Å²) in [7, 11) is 1.60. The third kappa shape index (κ3) is 1.48. The second-order valence-corrected chi connectivity index (χ2v) is 3.00. The minimum atomic E-state index is -0.509. The maximum atomic E-state index is 11.2. The van der Waals surface area contributed by atoms with E-state index in [0.717, 1.165) is 0 Å². The van der Waals surface area contributed by atoms with Crippen LogP contribution in [0.1, 0.15) is 0 Å². The molecule has 0 atom stereocenters. The second kappa shape index (κ2) is 3.53. The molecule has 15 heavy (non-hydrogen) atoms. The first-order chi connectivity index (χ1) is 7.24.